The average molecular weight is 422 g/mol. The summed E-state index contributed by atoms with van der Waals surface area (Å²) in [6.45, 7) is 1.62. The fourth-order valence-corrected chi connectivity index (χ4v) is 3.99. The summed E-state index contributed by atoms with van der Waals surface area (Å²) in [5.41, 5.74) is 1.39. The first-order valence-electron chi connectivity index (χ1n) is 10.2. The van der Waals surface area contributed by atoms with E-state index in [2.05, 4.69) is 15.5 Å². The molecule has 2 aliphatic heterocycles. The van der Waals surface area contributed by atoms with Crippen LogP contribution in [0.1, 0.15) is 18.4 Å². The molecule has 0 radical (unpaired) electrons. The molecule has 0 unspecified atom stereocenters. The smallest absolute Gasteiger partial charge is 0.272 e. The van der Waals surface area contributed by atoms with Crippen molar-refractivity contribution in [1.29, 1.82) is 0 Å². The Balaban J connectivity index is 1.34. The summed E-state index contributed by atoms with van der Waals surface area (Å²) in [6.07, 6.45) is 1.33. The maximum absolute atomic E-state index is 12.5. The first kappa shape index (κ1) is 20.9. The van der Waals surface area contributed by atoms with Crippen LogP contribution in [0.15, 0.2) is 53.5 Å². The van der Waals surface area contributed by atoms with Crippen LogP contribution in [0, 0.1) is 0 Å². The summed E-state index contributed by atoms with van der Waals surface area (Å²) in [7, 11) is 3.12. The molecule has 8 nitrogen and oxygen atoms in total. The SMILES string of the molecule is COc1ccc(NC(=O)CN2CCC3(CC2)N=C(c2ccccc2)C(=O)N3)cc1OC. The molecule has 2 heterocycles. The topological polar surface area (TPSA) is 92.3 Å². The number of carbonyl (C=O) groups is 2. The van der Waals surface area contributed by atoms with E-state index in [-0.39, 0.29) is 18.4 Å². The largest absolute Gasteiger partial charge is 0.493 e. The number of amides is 2. The van der Waals surface area contributed by atoms with Gasteiger partial charge in [-0.1, -0.05) is 30.3 Å². The zero-order valence-corrected chi connectivity index (χ0v) is 17.7. The van der Waals surface area contributed by atoms with Crippen LogP contribution in [0.4, 0.5) is 5.69 Å². The fraction of sp³-hybridized carbons (Fsp3) is 0.348. The number of nitrogens with zero attached hydrogens (tertiary/aromatic N) is 2. The third-order valence-electron chi connectivity index (χ3n) is 5.65. The molecule has 31 heavy (non-hydrogen) atoms. The molecule has 0 aromatic heterocycles. The summed E-state index contributed by atoms with van der Waals surface area (Å²) in [5, 5.41) is 5.96. The van der Waals surface area contributed by atoms with Crippen LogP contribution in [0.5, 0.6) is 11.5 Å². The molecule has 0 aliphatic carbocycles. The van der Waals surface area contributed by atoms with Crippen LogP contribution in [-0.4, -0.2) is 61.9 Å². The number of carbonyl (C=O) groups excluding carboxylic acids is 2. The molecule has 8 heteroatoms. The molecule has 1 spiro atoms. The minimum Gasteiger partial charge on any atom is -0.493 e. The van der Waals surface area contributed by atoms with Crippen LogP contribution in [-0.2, 0) is 9.59 Å². The van der Waals surface area contributed by atoms with E-state index >= 15 is 0 Å². The average Bonchev–Trinajstić information content (AvgIpc) is 3.11. The molecule has 162 valence electrons. The molecule has 0 saturated carbocycles. The second-order valence-corrected chi connectivity index (χ2v) is 7.71. The number of aliphatic imine (C=N–C) groups is 1. The summed E-state index contributed by atoms with van der Waals surface area (Å²) >= 11 is 0. The number of hydrogen-bond donors (Lipinski definition) is 2. The normalized spacial score (nSPS) is 17.7. The molecule has 2 aliphatic rings. The molecule has 0 atom stereocenters. The van der Waals surface area contributed by atoms with Gasteiger partial charge in [-0.3, -0.25) is 19.5 Å². The van der Waals surface area contributed by atoms with E-state index in [1.165, 1.54) is 0 Å². The number of likely N-dealkylation sites (tertiary alicyclic amines) is 1. The van der Waals surface area contributed by atoms with Gasteiger partial charge in [-0.25, -0.2) is 0 Å². The Morgan fingerprint density at radius 2 is 1.81 bits per heavy atom. The number of benzene rings is 2. The Labute approximate surface area is 181 Å². The van der Waals surface area contributed by atoms with Crippen molar-refractivity contribution < 1.29 is 19.1 Å². The Kier molecular flexibility index (Phi) is 5.90. The minimum atomic E-state index is -0.571. The Hall–Kier alpha value is -3.39. The maximum atomic E-state index is 12.5. The molecular formula is C23H26N4O4. The number of anilines is 1. The quantitative estimate of drug-likeness (QED) is 0.744. The number of rotatable bonds is 6. The summed E-state index contributed by atoms with van der Waals surface area (Å²) in [4.78, 5) is 31.8. The van der Waals surface area contributed by atoms with E-state index in [0.29, 0.717) is 48.8 Å². The molecule has 2 N–H and O–H groups in total. The van der Waals surface area contributed by atoms with E-state index in [1.54, 1.807) is 32.4 Å². The Bertz CT molecular complexity index is 998. The highest BCUT2D eigenvalue weighted by atomic mass is 16.5. The van der Waals surface area contributed by atoms with Gasteiger partial charge in [0.2, 0.25) is 5.91 Å². The first-order valence-corrected chi connectivity index (χ1v) is 10.2. The number of hydrogen-bond acceptors (Lipinski definition) is 6. The van der Waals surface area contributed by atoms with Gasteiger partial charge < -0.3 is 20.1 Å². The van der Waals surface area contributed by atoms with Gasteiger partial charge in [0.05, 0.1) is 20.8 Å². The second-order valence-electron chi connectivity index (χ2n) is 7.71. The zero-order chi connectivity index (χ0) is 21.8. The first-order chi connectivity index (χ1) is 15.0. The summed E-state index contributed by atoms with van der Waals surface area (Å²) in [5.74, 6) is 0.929. The van der Waals surface area contributed by atoms with Crippen LogP contribution in [0.3, 0.4) is 0 Å². The molecule has 0 bridgehead atoms. The Morgan fingerprint density at radius 1 is 1.10 bits per heavy atom. The van der Waals surface area contributed by atoms with E-state index in [1.807, 2.05) is 30.3 Å². The van der Waals surface area contributed by atoms with Crippen LogP contribution >= 0.6 is 0 Å². The number of methoxy groups -OCH3 is 2. The lowest BCUT2D eigenvalue weighted by atomic mass is 9.98. The summed E-state index contributed by atoms with van der Waals surface area (Å²) < 4.78 is 10.5. The van der Waals surface area contributed by atoms with Crippen molar-refractivity contribution in [1.82, 2.24) is 10.2 Å². The molecular weight excluding hydrogens is 396 g/mol. The van der Waals surface area contributed by atoms with Crippen LogP contribution in [0.2, 0.25) is 0 Å². The van der Waals surface area contributed by atoms with Crippen molar-refractivity contribution in [3.63, 3.8) is 0 Å². The summed E-state index contributed by atoms with van der Waals surface area (Å²) in [6, 6.07) is 14.8. The lowest BCUT2D eigenvalue weighted by Gasteiger charge is -2.36. The van der Waals surface area contributed by atoms with Gasteiger partial charge in [-0.05, 0) is 12.1 Å². The lowest BCUT2D eigenvalue weighted by molar-refractivity contribution is -0.119. The Morgan fingerprint density at radius 3 is 2.48 bits per heavy atom. The van der Waals surface area contributed by atoms with E-state index < -0.39 is 5.66 Å². The maximum Gasteiger partial charge on any atom is 0.272 e. The molecule has 2 aromatic carbocycles. The van der Waals surface area contributed by atoms with Crippen molar-refractivity contribution in [2.75, 3.05) is 39.2 Å². The molecule has 2 aromatic rings. The van der Waals surface area contributed by atoms with E-state index in [9.17, 15) is 9.59 Å². The standard InChI is InChI=1S/C23H26N4O4/c1-30-18-9-8-17(14-19(18)31-2)24-20(28)15-27-12-10-23(11-13-27)25-21(22(29)26-23)16-6-4-3-5-7-16/h3-9,14H,10-13,15H2,1-2H3,(H,24,28)(H,26,29). The van der Waals surface area contributed by atoms with Crippen molar-refractivity contribution in [2.24, 2.45) is 4.99 Å². The molecule has 1 saturated heterocycles. The third kappa shape index (κ3) is 4.54. The third-order valence-corrected chi connectivity index (χ3v) is 5.65. The van der Waals surface area contributed by atoms with Crippen LogP contribution in [0.25, 0.3) is 0 Å². The van der Waals surface area contributed by atoms with Gasteiger partial charge in [0.15, 0.2) is 11.5 Å². The highest BCUT2D eigenvalue weighted by molar-refractivity contribution is 6.46. The van der Waals surface area contributed by atoms with E-state index in [0.717, 1.165) is 5.56 Å². The molecule has 1 fully saturated rings. The van der Waals surface area contributed by atoms with Gasteiger partial charge in [-0.15, -0.1) is 0 Å². The van der Waals surface area contributed by atoms with Gasteiger partial charge >= 0.3 is 0 Å². The highest BCUT2D eigenvalue weighted by Crippen LogP contribution is 2.30. The van der Waals surface area contributed by atoms with Crippen LogP contribution < -0.4 is 20.1 Å². The van der Waals surface area contributed by atoms with Gasteiger partial charge in [-0.2, -0.15) is 0 Å². The predicted octanol–water partition coefficient (Wildman–Crippen LogP) is 2.05. The van der Waals surface area contributed by atoms with Crippen molar-refractivity contribution in [2.45, 2.75) is 18.5 Å². The van der Waals surface area contributed by atoms with Crippen molar-refractivity contribution >= 4 is 23.2 Å². The lowest BCUT2D eigenvalue weighted by Crippen LogP contribution is -2.52. The monoisotopic (exact) mass is 422 g/mol. The van der Waals surface area contributed by atoms with Gasteiger partial charge in [0.1, 0.15) is 11.4 Å². The molecule has 4 rings (SSSR count). The highest BCUT2D eigenvalue weighted by Gasteiger charge is 2.42. The fourth-order valence-electron chi connectivity index (χ4n) is 3.99. The number of piperidine rings is 1. The van der Waals surface area contributed by atoms with Gasteiger partial charge in [0.25, 0.3) is 5.91 Å². The van der Waals surface area contributed by atoms with Gasteiger partial charge in [0, 0.05) is 43.2 Å². The van der Waals surface area contributed by atoms with Crippen molar-refractivity contribution in [3.05, 3.63) is 54.1 Å². The number of ether oxygens (including phenoxy) is 2. The zero-order valence-electron chi connectivity index (χ0n) is 17.7. The number of nitrogens with one attached hydrogen (secondary N) is 2. The minimum absolute atomic E-state index is 0.105. The van der Waals surface area contributed by atoms with E-state index in [4.69, 9.17) is 14.5 Å². The second kappa shape index (κ2) is 8.77. The molecule has 2 amide bonds. The van der Waals surface area contributed by atoms with Crippen molar-refractivity contribution in [3.8, 4) is 11.5 Å². The predicted molar refractivity (Wildman–Crippen MR) is 118 cm³/mol.